The molecular formula is C16H28N2O3S. The van der Waals surface area contributed by atoms with Gasteiger partial charge in [0.25, 0.3) is 0 Å². The molecule has 0 radical (unpaired) electrons. The van der Waals surface area contributed by atoms with Gasteiger partial charge in [0.1, 0.15) is 0 Å². The van der Waals surface area contributed by atoms with Gasteiger partial charge in [0, 0.05) is 26.1 Å². The van der Waals surface area contributed by atoms with Crippen LogP contribution in [0.4, 0.5) is 0 Å². The summed E-state index contributed by atoms with van der Waals surface area (Å²) in [5.41, 5.74) is 1.42. The molecule has 6 heteroatoms. The summed E-state index contributed by atoms with van der Waals surface area (Å²) >= 11 is 0. The van der Waals surface area contributed by atoms with Crippen molar-refractivity contribution in [2.45, 2.75) is 57.8 Å². The molecular weight excluding hydrogens is 300 g/mol. The fraction of sp³-hybridized carbons (Fsp3) is 0.812. The van der Waals surface area contributed by atoms with Crippen LogP contribution in [0, 0.1) is 0 Å². The lowest BCUT2D eigenvalue weighted by Gasteiger charge is -2.25. The van der Waals surface area contributed by atoms with Crippen LogP contribution in [0.2, 0.25) is 0 Å². The Labute approximate surface area is 134 Å². The molecule has 0 unspecified atom stereocenters. The van der Waals surface area contributed by atoms with Gasteiger partial charge in [0.15, 0.2) is 0 Å². The van der Waals surface area contributed by atoms with Crippen molar-refractivity contribution in [1.29, 1.82) is 0 Å². The molecule has 0 aromatic heterocycles. The maximum atomic E-state index is 12.1. The Morgan fingerprint density at radius 3 is 2.59 bits per heavy atom. The number of allylic oxidation sites excluding steroid dienone is 1. The largest absolute Gasteiger partial charge is 0.356 e. The second-order valence-electron chi connectivity index (χ2n) is 6.23. The first-order chi connectivity index (χ1) is 10.6. The van der Waals surface area contributed by atoms with E-state index in [2.05, 4.69) is 11.4 Å². The molecule has 1 N–H and O–H groups in total. The Morgan fingerprint density at radius 2 is 1.91 bits per heavy atom. The second-order valence-corrected chi connectivity index (χ2v) is 8.32. The first kappa shape index (κ1) is 17.5. The molecule has 126 valence electrons. The highest BCUT2D eigenvalue weighted by Crippen LogP contribution is 2.19. The van der Waals surface area contributed by atoms with Gasteiger partial charge in [-0.3, -0.25) is 4.79 Å². The number of carbonyl (C=O) groups excluding carboxylic acids is 1. The van der Waals surface area contributed by atoms with Gasteiger partial charge in [0.2, 0.25) is 15.9 Å². The lowest BCUT2D eigenvalue weighted by Crippen LogP contribution is -2.38. The third-order valence-corrected chi connectivity index (χ3v) is 6.32. The number of hydrogen-bond acceptors (Lipinski definition) is 3. The first-order valence-corrected chi connectivity index (χ1v) is 10.1. The number of amides is 1. The van der Waals surface area contributed by atoms with Crippen LogP contribution in [0.25, 0.3) is 0 Å². The van der Waals surface area contributed by atoms with Crippen molar-refractivity contribution in [2.75, 3.05) is 25.4 Å². The van der Waals surface area contributed by atoms with Gasteiger partial charge in [-0.15, -0.1) is 0 Å². The van der Waals surface area contributed by atoms with E-state index in [-0.39, 0.29) is 18.1 Å². The van der Waals surface area contributed by atoms with E-state index in [0.717, 1.165) is 38.5 Å². The zero-order chi connectivity index (χ0) is 15.8. The lowest BCUT2D eigenvalue weighted by molar-refractivity contribution is -0.120. The maximum absolute atomic E-state index is 12.1. The minimum Gasteiger partial charge on any atom is -0.356 e. The predicted octanol–water partition coefficient (Wildman–Crippen LogP) is 2.20. The average Bonchev–Trinajstić information content (AvgIpc) is 2.55. The van der Waals surface area contributed by atoms with Gasteiger partial charge in [-0.1, -0.05) is 18.1 Å². The van der Waals surface area contributed by atoms with E-state index in [1.54, 1.807) is 0 Å². The SMILES string of the molecule is O=C(CCS(=O)(=O)N1CCCCC1)NCCC1=CCCCC1. The molecule has 22 heavy (non-hydrogen) atoms. The third-order valence-electron chi connectivity index (χ3n) is 4.45. The third kappa shape index (κ3) is 5.72. The Morgan fingerprint density at radius 1 is 1.14 bits per heavy atom. The number of carbonyl (C=O) groups is 1. The molecule has 0 saturated carbocycles. The molecule has 1 aliphatic carbocycles. The van der Waals surface area contributed by atoms with E-state index in [9.17, 15) is 13.2 Å². The summed E-state index contributed by atoms with van der Waals surface area (Å²) in [6, 6.07) is 0. The smallest absolute Gasteiger partial charge is 0.221 e. The van der Waals surface area contributed by atoms with Crippen molar-refractivity contribution >= 4 is 15.9 Å². The van der Waals surface area contributed by atoms with Crippen LogP contribution >= 0.6 is 0 Å². The van der Waals surface area contributed by atoms with E-state index in [4.69, 9.17) is 0 Å². The van der Waals surface area contributed by atoms with Crippen molar-refractivity contribution in [3.05, 3.63) is 11.6 Å². The van der Waals surface area contributed by atoms with Gasteiger partial charge < -0.3 is 5.32 Å². The van der Waals surface area contributed by atoms with Gasteiger partial charge in [-0.25, -0.2) is 12.7 Å². The normalized spacial score (nSPS) is 20.5. The second kappa shape index (κ2) is 8.67. The molecule has 2 aliphatic rings. The Balaban J connectivity index is 1.65. The van der Waals surface area contributed by atoms with Crippen molar-refractivity contribution in [2.24, 2.45) is 0 Å². The Kier molecular flexibility index (Phi) is 6.89. The van der Waals surface area contributed by atoms with Crippen LogP contribution in [0.15, 0.2) is 11.6 Å². The Bertz CT molecular complexity index is 494. The summed E-state index contributed by atoms with van der Waals surface area (Å²) in [6.07, 6.45) is 11.0. The summed E-state index contributed by atoms with van der Waals surface area (Å²) in [5, 5.41) is 2.84. The standard InChI is InChI=1S/C16H28N2O3S/c19-16(17-11-9-15-7-3-1-4-8-15)10-14-22(20,21)18-12-5-2-6-13-18/h7H,1-6,8-14H2,(H,17,19). The van der Waals surface area contributed by atoms with Crippen LogP contribution in [0.3, 0.4) is 0 Å². The van der Waals surface area contributed by atoms with Crippen molar-refractivity contribution < 1.29 is 13.2 Å². The van der Waals surface area contributed by atoms with E-state index in [1.165, 1.54) is 22.7 Å². The highest BCUT2D eigenvalue weighted by Gasteiger charge is 2.24. The quantitative estimate of drug-likeness (QED) is 0.729. The fourth-order valence-corrected chi connectivity index (χ4v) is 4.59. The summed E-state index contributed by atoms with van der Waals surface area (Å²) < 4.78 is 25.8. The van der Waals surface area contributed by atoms with Crippen molar-refractivity contribution in [3.8, 4) is 0 Å². The predicted molar refractivity (Wildman–Crippen MR) is 88.0 cm³/mol. The molecule has 1 heterocycles. The number of nitrogens with one attached hydrogen (secondary N) is 1. The zero-order valence-electron chi connectivity index (χ0n) is 13.3. The van der Waals surface area contributed by atoms with Gasteiger partial charge >= 0.3 is 0 Å². The molecule has 0 atom stereocenters. The molecule has 0 bridgehead atoms. The number of hydrogen-bond donors (Lipinski definition) is 1. The summed E-state index contributed by atoms with van der Waals surface area (Å²) in [7, 11) is -3.26. The highest BCUT2D eigenvalue weighted by atomic mass is 32.2. The van der Waals surface area contributed by atoms with Crippen LogP contribution in [0.5, 0.6) is 0 Å². The molecule has 2 rings (SSSR count). The molecule has 0 spiro atoms. The first-order valence-electron chi connectivity index (χ1n) is 8.50. The summed E-state index contributed by atoms with van der Waals surface area (Å²) in [4.78, 5) is 11.8. The summed E-state index contributed by atoms with van der Waals surface area (Å²) in [6.45, 7) is 1.84. The molecule has 0 aromatic carbocycles. The Hall–Kier alpha value is -0.880. The maximum Gasteiger partial charge on any atom is 0.221 e. The number of sulfonamides is 1. The fourth-order valence-electron chi connectivity index (χ4n) is 3.08. The minimum absolute atomic E-state index is 0.0673. The molecule has 1 amide bonds. The van der Waals surface area contributed by atoms with Crippen LogP contribution in [-0.2, 0) is 14.8 Å². The average molecular weight is 328 g/mol. The van der Waals surface area contributed by atoms with Crippen LogP contribution in [0.1, 0.15) is 57.8 Å². The van der Waals surface area contributed by atoms with E-state index < -0.39 is 10.0 Å². The minimum atomic E-state index is -3.26. The van der Waals surface area contributed by atoms with Gasteiger partial charge in [0.05, 0.1) is 5.75 Å². The van der Waals surface area contributed by atoms with E-state index in [0.29, 0.717) is 19.6 Å². The van der Waals surface area contributed by atoms with Crippen molar-refractivity contribution in [1.82, 2.24) is 9.62 Å². The molecule has 1 fully saturated rings. The monoisotopic (exact) mass is 328 g/mol. The zero-order valence-corrected chi connectivity index (χ0v) is 14.2. The topological polar surface area (TPSA) is 66.5 Å². The van der Waals surface area contributed by atoms with E-state index >= 15 is 0 Å². The van der Waals surface area contributed by atoms with Gasteiger partial charge in [-0.2, -0.15) is 0 Å². The summed E-state index contributed by atoms with van der Waals surface area (Å²) in [5.74, 6) is -0.223. The highest BCUT2D eigenvalue weighted by molar-refractivity contribution is 7.89. The molecule has 5 nitrogen and oxygen atoms in total. The number of nitrogens with zero attached hydrogens (tertiary/aromatic N) is 1. The number of rotatable bonds is 7. The molecule has 0 aromatic rings. The number of piperidine rings is 1. The van der Waals surface area contributed by atoms with Gasteiger partial charge in [-0.05, 0) is 44.9 Å². The molecule has 1 aliphatic heterocycles. The van der Waals surface area contributed by atoms with Crippen LogP contribution < -0.4 is 5.32 Å². The lowest BCUT2D eigenvalue weighted by atomic mass is 9.97. The van der Waals surface area contributed by atoms with E-state index in [1.807, 2.05) is 0 Å². The molecule has 1 saturated heterocycles. The van der Waals surface area contributed by atoms with Crippen molar-refractivity contribution in [3.63, 3.8) is 0 Å². The van der Waals surface area contributed by atoms with Crippen LogP contribution in [-0.4, -0.2) is 44.0 Å².